The molecule has 2 atom stereocenters. The molecule has 1 N–H and O–H groups in total. The Morgan fingerprint density at radius 3 is 2.61 bits per heavy atom. The highest BCUT2D eigenvalue weighted by atomic mass is 16.5. The maximum atomic E-state index is 13.3. The van der Waals surface area contributed by atoms with Crippen LogP contribution in [-0.2, 0) is 14.3 Å². The number of benzene rings is 3. The fraction of sp³-hybridized carbons (Fsp3) is 0.259. The molecule has 2 unspecified atom stereocenters. The first-order valence-electron chi connectivity index (χ1n) is 11.1. The molecule has 2 saturated heterocycles. The number of aliphatic hydroxyl groups is 1. The summed E-state index contributed by atoms with van der Waals surface area (Å²) in [7, 11) is 1.55. The van der Waals surface area contributed by atoms with Gasteiger partial charge in [-0.1, -0.05) is 60.7 Å². The number of hydrogen-bond donors (Lipinski definition) is 1. The lowest BCUT2D eigenvalue weighted by Crippen LogP contribution is -2.36. The predicted molar refractivity (Wildman–Crippen MR) is 125 cm³/mol. The van der Waals surface area contributed by atoms with E-state index >= 15 is 0 Å². The third-order valence-electron chi connectivity index (χ3n) is 6.44. The van der Waals surface area contributed by atoms with Crippen LogP contribution in [0.2, 0.25) is 0 Å². The number of hydrogen-bond acceptors (Lipinski definition) is 5. The first-order valence-corrected chi connectivity index (χ1v) is 11.1. The Morgan fingerprint density at radius 2 is 1.82 bits per heavy atom. The topological polar surface area (TPSA) is 76.1 Å². The van der Waals surface area contributed by atoms with Crippen molar-refractivity contribution >= 4 is 28.2 Å². The molecule has 0 bridgehead atoms. The second kappa shape index (κ2) is 8.71. The van der Waals surface area contributed by atoms with Crippen LogP contribution in [0, 0.1) is 0 Å². The molecule has 0 aliphatic carbocycles. The average Bonchev–Trinajstić information content (AvgIpc) is 3.45. The Bertz CT molecular complexity index is 1250. The van der Waals surface area contributed by atoms with Crippen LogP contribution in [0.1, 0.15) is 30.0 Å². The highest BCUT2D eigenvalue weighted by Crippen LogP contribution is 2.43. The van der Waals surface area contributed by atoms with E-state index < -0.39 is 17.7 Å². The first-order chi connectivity index (χ1) is 16.1. The van der Waals surface area contributed by atoms with Crippen LogP contribution in [0.3, 0.4) is 0 Å². The van der Waals surface area contributed by atoms with Gasteiger partial charge in [0.25, 0.3) is 11.7 Å². The van der Waals surface area contributed by atoms with E-state index in [1.54, 1.807) is 19.2 Å². The minimum atomic E-state index is -0.774. The molecule has 1 amide bonds. The normalized spacial score (nSPS) is 22.3. The Labute approximate surface area is 192 Å². The number of carbonyl (C=O) groups is 2. The molecule has 2 aliphatic rings. The second-order valence-electron chi connectivity index (χ2n) is 8.36. The van der Waals surface area contributed by atoms with Crippen molar-refractivity contribution in [2.24, 2.45) is 0 Å². The van der Waals surface area contributed by atoms with Gasteiger partial charge in [-0.3, -0.25) is 9.59 Å². The van der Waals surface area contributed by atoms with Gasteiger partial charge >= 0.3 is 0 Å². The predicted octanol–water partition coefficient (Wildman–Crippen LogP) is 4.45. The van der Waals surface area contributed by atoms with Gasteiger partial charge in [0, 0.05) is 24.3 Å². The molecule has 3 aromatic carbocycles. The van der Waals surface area contributed by atoms with Crippen molar-refractivity contribution in [1.29, 1.82) is 0 Å². The third-order valence-corrected chi connectivity index (χ3v) is 6.44. The van der Waals surface area contributed by atoms with Crippen LogP contribution in [0.5, 0.6) is 5.75 Å². The first kappa shape index (κ1) is 21.2. The molecule has 0 aromatic heterocycles. The summed E-state index contributed by atoms with van der Waals surface area (Å²) >= 11 is 0. The molecule has 2 fully saturated rings. The van der Waals surface area contributed by atoms with Crippen molar-refractivity contribution in [2.45, 2.75) is 25.0 Å². The van der Waals surface area contributed by atoms with Gasteiger partial charge in [0.1, 0.15) is 11.5 Å². The Balaban J connectivity index is 1.71. The van der Waals surface area contributed by atoms with Crippen molar-refractivity contribution in [3.63, 3.8) is 0 Å². The maximum absolute atomic E-state index is 13.3. The molecule has 2 aliphatic heterocycles. The van der Waals surface area contributed by atoms with E-state index in [0.29, 0.717) is 23.5 Å². The third kappa shape index (κ3) is 3.66. The van der Waals surface area contributed by atoms with Gasteiger partial charge < -0.3 is 19.5 Å². The molecule has 33 heavy (non-hydrogen) atoms. The summed E-state index contributed by atoms with van der Waals surface area (Å²) in [6.07, 6.45) is 1.60. The van der Waals surface area contributed by atoms with Crippen LogP contribution >= 0.6 is 0 Å². The van der Waals surface area contributed by atoms with Crippen molar-refractivity contribution < 1.29 is 24.2 Å². The molecule has 6 nitrogen and oxygen atoms in total. The number of nitrogens with zero attached hydrogens (tertiary/aromatic N) is 1. The Morgan fingerprint density at radius 1 is 1.06 bits per heavy atom. The monoisotopic (exact) mass is 443 g/mol. The van der Waals surface area contributed by atoms with Crippen molar-refractivity contribution in [3.8, 4) is 5.75 Å². The lowest BCUT2D eigenvalue weighted by Gasteiger charge is -2.28. The zero-order chi connectivity index (χ0) is 22.9. The van der Waals surface area contributed by atoms with Crippen molar-refractivity contribution in [2.75, 3.05) is 20.3 Å². The minimum Gasteiger partial charge on any atom is -0.507 e. The number of aliphatic hydroxyl groups excluding tert-OH is 1. The number of carbonyl (C=O) groups excluding carboxylic acids is 2. The zero-order valence-electron chi connectivity index (χ0n) is 18.4. The minimum absolute atomic E-state index is 0.0684. The van der Waals surface area contributed by atoms with E-state index in [1.165, 1.54) is 4.90 Å². The summed E-state index contributed by atoms with van der Waals surface area (Å²) in [5.74, 6) is -0.973. The maximum Gasteiger partial charge on any atom is 0.295 e. The summed E-state index contributed by atoms with van der Waals surface area (Å²) in [4.78, 5) is 28.1. The highest BCUT2D eigenvalue weighted by molar-refractivity contribution is 6.46. The average molecular weight is 443 g/mol. The van der Waals surface area contributed by atoms with E-state index in [2.05, 4.69) is 0 Å². The van der Waals surface area contributed by atoms with Crippen molar-refractivity contribution in [3.05, 3.63) is 83.4 Å². The molecular weight excluding hydrogens is 418 g/mol. The second-order valence-corrected chi connectivity index (χ2v) is 8.36. The summed E-state index contributed by atoms with van der Waals surface area (Å²) < 4.78 is 11.3. The quantitative estimate of drug-likeness (QED) is 0.358. The number of fused-ring (bicyclic) bond motifs is 1. The van der Waals surface area contributed by atoms with Crippen LogP contribution in [0.15, 0.2) is 72.3 Å². The summed E-state index contributed by atoms with van der Waals surface area (Å²) in [6.45, 7) is 0.920. The van der Waals surface area contributed by atoms with Gasteiger partial charge in [-0.05, 0) is 29.7 Å². The summed E-state index contributed by atoms with van der Waals surface area (Å²) in [6, 6.07) is 19.7. The van der Waals surface area contributed by atoms with E-state index in [0.717, 1.165) is 23.6 Å². The van der Waals surface area contributed by atoms with E-state index in [4.69, 9.17) is 9.47 Å². The fourth-order valence-corrected chi connectivity index (χ4v) is 4.87. The van der Waals surface area contributed by atoms with Gasteiger partial charge in [0.15, 0.2) is 0 Å². The number of para-hydroxylation sites is 1. The lowest BCUT2D eigenvalue weighted by molar-refractivity contribution is -0.140. The van der Waals surface area contributed by atoms with Gasteiger partial charge in [0.2, 0.25) is 0 Å². The van der Waals surface area contributed by atoms with Gasteiger partial charge in [0.05, 0.1) is 24.8 Å². The van der Waals surface area contributed by atoms with Gasteiger partial charge in [-0.2, -0.15) is 0 Å². The molecule has 6 heteroatoms. The fourth-order valence-electron chi connectivity index (χ4n) is 4.87. The van der Waals surface area contributed by atoms with E-state index in [9.17, 15) is 14.7 Å². The SMILES string of the molecule is COc1ccccc1C1/C(=C(\O)c2cccc3ccccc23)C(=O)C(=O)N1CC1CCCO1. The number of ketones is 1. The van der Waals surface area contributed by atoms with E-state index in [-0.39, 0.29) is 24.0 Å². The zero-order valence-corrected chi connectivity index (χ0v) is 18.4. The molecule has 5 rings (SSSR count). The standard InChI is InChI=1S/C27H25NO5/c1-32-22-14-5-4-12-21(22)24-23(26(30)27(31)28(24)16-18-10-7-15-33-18)25(29)20-13-6-9-17-8-2-3-11-19(17)20/h2-6,8-9,11-14,18,24,29H,7,10,15-16H2,1H3/b25-23+. The summed E-state index contributed by atoms with van der Waals surface area (Å²) in [5.41, 5.74) is 1.24. The number of Topliss-reactive ketones (excluding diaryl/α,β-unsaturated/α-hetero) is 1. The molecule has 0 spiro atoms. The highest BCUT2D eigenvalue weighted by Gasteiger charge is 2.48. The van der Waals surface area contributed by atoms with Crippen LogP contribution < -0.4 is 4.74 Å². The number of rotatable bonds is 5. The van der Waals surface area contributed by atoms with Gasteiger partial charge in [-0.25, -0.2) is 0 Å². The number of ether oxygens (including phenoxy) is 2. The van der Waals surface area contributed by atoms with E-state index in [1.807, 2.05) is 54.6 Å². The summed E-state index contributed by atoms with van der Waals surface area (Å²) in [5, 5.41) is 13.2. The number of likely N-dealkylation sites (tertiary alicyclic amines) is 1. The van der Waals surface area contributed by atoms with Gasteiger partial charge in [-0.15, -0.1) is 0 Å². The Kier molecular flexibility index (Phi) is 5.60. The van der Waals surface area contributed by atoms with Crippen molar-refractivity contribution in [1.82, 2.24) is 4.90 Å². The molecule has 168 valence electrons. The smallest absolute Gasteiger partial charge is 0.295 e. The molecule has 0 saturated carbocycles. The molecular formula is C27H25NO5. The number of methoxy groups -OCH3 is 1. The lowest BCUT2D eigenvalue weighted by atomic mass is 9.93. The van der Waals surface area contributed by atoms with Crippen LogP contribution in [0.4, 0.5) is 0 Å². The largest absolute Gasteiger partial charge is 0.507 e. The molecule has 0 radical (unpaired) electrons. The molecule has 2 heterocycles. The Hall–Kier alpha value is -3.64. The van der Waals surface area contributed by atoms with Crippen LogP contribution in [0.25, 0.3) is 16.5 Å². The van der Waals surface area contributed by atoms with Crippen LogP contribution in [-0.4, -0.2) is 48.1 Å². The molecule has 3 aromatic rings. The number of amides is 1.